The molecule has 1 fully saturated rings. The zero-order valence-corrected chi connectivity index (χ0v) is 15.2. The number of hydrogen-bond acceptors (Lipinski definition) is 5. The van der Waals surface area contributed by atoms with Crippen molar-refractivity contribution in [1.82, 2.24) is 20.3 Å². The Morgan fingerprint density at radius 3 is 2.88 bits per heavy atom. The first-order chi connectivity index (χ1) is 12.8. The number of aromatic amines is 1. The summed E-state index contributed by atoms with van der Waals surface area (Å²) in [5.74, 6) is 1.83. The Balaban J connectivity index is 1.54. The highest BCUT2D eigenvalue weighted by Crippen LogP contribution is 2.35. The Hall–Kier alpha value is -2.60. The fourth-order valence-electron chi connectivity index (χ4n) is 3.65. The Morgan fingerprint density at radius 1 is 1.31 bits per heavy atom. The molecule has 1 atom stereocenters. The fourth-order valence-corrected chi connectivity index (χ4v) is 3.65. The second-order valence-electron chi connectivity index (χ2n) is 6.70. The first-order valence-corrected chi connectivity index (χ1v) is 9.14. The first kappa shape index (κ1) is 16.8. The molecule has 1 saturated heterocycles. The lowest BCUT2D eigenvalue weighted by Gasteiger charge is -2.22. The number of rotatable bonds is 6. The van der Waals surface area contributed by atoms with Crippen LogP contribution in [0.1, 0.15) is 42.8 Å². The van der Waals surface area contributed by atoms with Gasteiger partial charge in [0.15, 0.2) is 5.76 Å². The van der Waals surface area contributed by atoms with E-state index >= 15 is 0 Å². The molecular formula is C20H24N4O2. The summed E-state index contributed by atoms with van der Waals surface area (Å²) in [4.78, 5) is 2.46. The molecule has 3 aromatic rings. The van der Waals surface area contributed by atoms with Gasteiger partial charge < -0.3 is 9.26 Å². The average molecular weight is 352 g/mol. The van der Waals surface area contributed by atoms with Gasteiger partial charge in [-0.15, -0.1) is 0 Å². The van der Waals surface area contributed by atoms with Gasteiger partial charge in [0.25, 0.3) is 0 Å². The van der Waals surface area contributed by atoms with Gasteiger partial charge in [-0.1, -0.05) is 12.1 Å². The van der Waals surface area contributed by atoms with E-state index in [1.807, 2.05) is 18.3 Å². The van der Waals surface area contributed by atoms with Crippen LogP contribution in [0, 0.1) is 0 Å². The molecule has 0 bridgehead atoms. The Kier molecular flexibility index (Phi) is 4.75. The maximum absolute atomic E-state index is 5.60. The minimum atomic E-state index is 0.293. The van der Waals surface area contributed by atoms with Crippen LogP contribution in [-0.4, -0.2) is 33.9 Å². The third-order valence-corrected chi connectivity index (χ3v) is 5.10. The predicted octanol–water partition coefficient (Wildman–Crippen LogP) is 3.97. The summed E-state index contributed by atoms with van der Waals surface area (Å²) in [6.07, 6.45) is 5.10. The summed E-state index contributed by atoms with van der Waals surface area (Å²) in [6.45, 7) is 3.99. The SMILES string of the molecule is CCc1cc(C2CCCN2Cc2cn[nH]c2-c2ccc(OC)cc2)on1. The van der Waals surface area contributed by atoms with Gasteiger partial charge in [-0.05, 0) is 50.1 Å². The van der Waals surface area contributed by atoms with Gasteiger partial charge in [-0.3, -0.25) is 10.00 Å². The quantitative estimate of drug-likeness (QED) is 0.727. The molecule has 6 nitrogen and oxygen atoms in total. The highest BCUT2D eigenvalue weighted by Gasteiger charge is 2.30. The minimum absolute atomic E-state index is 0.293. The summed E-state index contributed by atoms with van der Waals surface area (Å²) in [7, 11) is 1.68. The number of likely N-dealkylation sites (tertiary alicyclic amines) is 1. The molecule has 1 N–H and O–H groups in total. The van der Waals surface area contributed by atoms with E-state index in [0.29, 0.717) is 6.04 Å². The van der Waals surface area contributed by atoms with E-state index in [2.05, 4.69) is 45.4 Å². The second kappa shape index (κ2) is 7.33. The highest BCUT2D eigenvalue weighted by molar-refractivity contribution is 5.63. The van der Waals surface area contributed by atoms with Crippen LogP contribution in [0.25, 0.3) is 11.3 Å². The second-order valence-corrected chi connectivity index (χ2v) is 6.70. The number of ether oxygens (including phenoxy) is 1. The van der Waals surface area contributed by atoms with E-state index in [0.717, 1.165) is 54.4 Å². The topological polar surface area (TPSA) is 67.2 Å². The smallest absolute Gasteiger partial charge is 0.154 e. The van der Waals surface area contributed by atoms with Gasteiger partial charge in [-0.2, -0.15) is 5.10 Å². The number of aromatic nitrogens is 3. The molecular weight excluding hydrogens is 328 g/mol. The molecule has 0 saturated carbocycles. The van der Waals surface area contributed by atoms with Gasteiger partial charge in [0, 0.05) is 23.7 Å². The van der Waals surface area contributed by atoms with Crippen LogP contribution in [0.4, 0.5) is 0 Å². The van der Waals surface area contributed by atoms with E-state index in [-0.39, 0.29) is 0 Å². The number of nitrogens with one attached hydrogen (secondary N) is 1. The Morgan fingerprint density at radius 2 is 2.15 bits per heavy atom. The van der Waals surface area contributed by atoms with Crippen LogP contribution in [0.15, 0.2) is 41.1 Å². The largest absolute Gasteiger partial charge is 0.497 e. The van der Waals surface area contributed by atoms with E-state index in [4.69, 9.17) is 9.26 Å². The van der Waals surface area contributed by atoms with E-state index in [1.165, 1.54) is 12.0 Å². The maximum atomic E-state index is 5.60. The van der Waals surface area contributed by atoms with Crippen molar-refractivity contribution in [2.24, 2.45) is 0 Å². The van der Waals surface area contributed by atoms with E-state index < -0.39 is 0 Å². The van der Waals surface area contributed by atoms with Crippen molar-refractivity contribution in [3.63, 3.8) is 0 Å². The van der Waals surface area contributed by atoms with Crippen LogP contribution in [0.3, 0.4) is 0 Å². The Bertz CT molecular complexity index is 853. The van der Waals surface area contributed by atoms with Crippen molar-refractivity contribution >= 4 is 0 Å². The lowest BCUT2D eigenvalue weighted by molar-refractivity contribution is 0.206. The molecule has 136 valence electrons. The van der Waals surface area contributed by atoms with Crippen LogP contribution in [0.5, 0.6) is 5.75 Å². The molecule has 0 amide bonds. The van der Waals surface area contributed by atoms with Crippen LogP contribution in [-0.2, 0) is 13.0 Å². The lowest BCUT2D eigenvalue weighted by Crippen LogP contribution is -2.22. The number of hydrogen-bond donors (Lipinski definition) is 1. The van der Waals surface area contributed by atoms with Gasteiger partial charge in [-0.25, -0.2) is 0 Å². The van der Waals surface area contributed by atoms with Crippen molar-refractivity contribution in [3.8, 4) is 17.0 Å². The molecule has 1 aliphatic heterocycles. The Labute approximate surface area is 153 Å². The van der Waals surface area contributed by atoms with Crippen molar-refractivity contribution in [2.45, 2.75) is 38.8 Å². The first-order valence-electron chi connectivity index (χ1n) is 9.14. The molecule has 1 aromatic carbocycles. The summed E-state index contributed by atoms with van der Waals surface area (Å²) in [6, 6.07) is 10.4. The standard InChI is InChI=1S/C20H24N4O2/c1-3-16-11-19(26-23-16)18-5-4-10-24(18)13-15-12-21-22-20(15)14-6-8-17(25-2)9-7-14/h6-9,11-12,18H,3-5,10,13H2,1-2H3,(H,21,22). The molecule has 0 radical (unpaired) electrons. The number of benzene rings is 1. The van der Waals surface area contributed by atoms with Gasteiger partial charge in [0.2, 0.25) is 0 Å². The average Bonchev–Trinajstić information content (AvgIpc) is 3.42. The van der Waals surface area contributed by atoms with Crippen LogP contribution in [0.2, 0.25) is 0 Å². The molecule has 2 aromatic heterocycles. The number of methoxy groups -OCH3 is 1. The number of H-pyrrole nitrogens is 1. The molecule has 0 aliphatic carbocycles. The molecule has 26 heavy (non-hydrogen) atoms. The third kappa shape index (κ3) is 3.24. The molecule has 4 rings (SSSR count). The van der Waals surface area contributed by atoms with Gasteiger partial charge >= 0.3 is 0 Å². The fraction of sp³-hybridized carbons (Fsp3) is 0.400. The van der Waals surface area contributed by atoms with Gasteiger partial charge in [0.05, 0.1) is 30.7 Å². The summed E-state index contributed by atoms with van der Waals surface area (Å²) < 4.78 is 10.8. The molecule has 1 unspecified atom stereocenters. The monoisotopic (exact) mass is 352 g/mol. The maximum Gasteiger partial charge on any atom is 0.154 e. The van der Waals surface area contributed by atoms with Crippen molar-refractivity contribution < 1.29 is 9.26 Å². The molecule has 3 heterocycles. The lowest BCUT2D eigenvalue weighted by atomic mass is 10.1. The number of nitrogens with zero attached hydrogens (tertiary/aromatic N) is 3. The molecule has 0 spiro atoms. The van der Waals surface area contributed by atoms with Crippen LogP contribution >= 0.6 is 0 Å². The normalized spacial score (nSPS) is 17.7. The zero-order chi connectivity index (χ0) is 17.9. The van der Waals surface area contributed by atoms with E-state index in [1.54, 1.807) is 7.11 Å². The third-order valence-electron chi connectivity index (χ3n) is 5.10. The summed E-state index contributed by atoms with van der Waals surface area (Å²) in [5, 5.41) is 11.6. The van der Waals surface area contributed by atoms with E-state index in [9.17, 15) is 0 Å². The van der Waals surface area contributed by atoms with Crippen molar-refractivity contribution in [1.29, 1.82) is 0 Å². The molecule has 1 aliphatic rings. The van der Waals surface area contributed by atoms with Crippen LogP contribution < -0.4 is 4.74 Å². The van der Waals surface area contributed by atoms with Crippen molar-refractivity contribution in [2.75, 3.05) is 13.7 Å². The summed E-state index contributed by atoms with van der Waals surface area (Å²) in [5.41, 5.74) is 4.39. The number of aryl methyl sites for hydroxylation is 1. The summed E-state index contributed by atoms with van der Waals surface area (Å²) >= 11 is 0. The molecule has 6 heteroatoms. The zero-order valence-electron chi connectivity index (χ0n) is 15.2. The van der Waals surface area contributed by atoms with Crippen molar-refractivity contribution in [3.05, 3.63) is 53.5 Å². The van der Waals surface area contributed by atoms with Gasteiger partial charge in [0.1, 0.15) is 5.75 Å². The minimum Gasteiger partial charge on any atom is -0.497 e. The predicted molar refractivity (Wildman–Crippen MR) is 98.8 cm³/mol. The highest BCUT2D eigenvalue weighted by atomic mass is 16.5.